The van der Waals surface area contributed by atoms with Gasteiger partial charge in [0.1, 0.15) is 5.82 Å². The normalized spacial score (nSPS) is 14.2. The van der Waals surface area contributed by atoms with Crippen LogP contribution in [0.15, 0.2) is 47.1 Å². The van der Waals surface area contributed by atoms with E-state index >= 15 is 0 Å². The standard InChI is InChI=1S/C25H30FN5O4/c1-31(21(13-23(32)33)17-6-8-22(35-2)20(26)12-17)25(34)18(14-27)15-28-11-9-19-7-5-16-4-3-10-29-24(16)30-19/h5-8,12,14-15,21H,3-4,9-11,13,27H2,1-2H3,(H,29,30)(H,32,33)/t21-/m0/s1. The Bertz CT molecular complexity index is 1130. The summed E-state index contributed by atoms with van der Waals surface area (Å²) in [7, 11) is 2.78. The Hall–Kier alpha value is -3.95. The third-order valence-corrected chi connectivity index (χ3v) is 5.82. The number of carbonyl (C=O) groups is 2. The van der Waals surface area contributed by atoms with Gasteiger partial charge in [-0.2, -0.15) is 0 Å². The van der Waals surface area contributed by atoms with Crippen LogP contribution in [0.1, 0.15) is 35.7 Å². The summed E-state index contributed by atoms with van der Waals surface area (Å²) in [4.78, 5) is 34.7. The van der Waals surface area contributed by atoms with Gasteiger partial charge in [0, 0.05) is 44.7 Å². The lowest BCUT2D eigenvalue weighted by Gasteiger charge is -2.28. The van der Waals surface area contributed by atoms with Crippen molar-refractivity contribution in [2.24, 2.45) is 10.7 Å². The fraction of sp³-hybridized carbons (Fsp3) is 0.360. The van der Waals surface area contributed by atoms with Gasteiger partial charge in [-0.05, 0) is 42.2 Å². The van der Waals surface area contributed by atoms with E-state index in [9.17, 15) is 19.1 Å². The van der Waals surface area contributed by atoms with E-state index in [0.717, 1.165) is 43.2 Å². The van der Waals surface area contributed by atoms with Gasteiger partial charge in [-0.15, -0.1) is 0 Å². The number of anilines is 1. The van der Waals surface area contributed by atoms with E-state index < -0.39 is 30.2 Å². The number of amides is 1. The van der Waals surface area contributed by atoms with Crippen molar-refractivity contribution >= 4 is 23.9 Å². The number of carboxylic acid groups (broad SMARTS) is 1. The number of aliphatic imine (C=N–C) groups is 1. The molecule has 10 heteroatoms. The lowest BCUT2D eigenvalue weighted by atomic mass is 10.0. The minimum Gasteiger partial charge on any atom is -0.494 e. The Kier molecular flexibility index (Phi) is 8.77. The number of carboxylic acids is 1. The summed E-state index contributed by atoms with van der Waals surface area (Å²) in [5.74, 6) is -1.38. The summed E-state index contributed by atoms with van der Waals surface area (Å²) >= 11 is 0. The SMILES string of the molecule is COc1ccc([C@H](CC(=O)O)N(C)C(=O)C(C=NCCc2ccc3c(n2)NCCC3)=CN)cc1F. The highest BCUT2D eigenvalue weighted by Gasteiger charge is 2.26. The largest absolute Gasteiger partial charge is 0.494 e. The van der Waals surface area contributed by atoms with Crippen LogP contribution in [-0.4, -0.2) is 60.3 Å². The molecule has 35 heavy (non-hydrogen) atoms. The van der Waals surface area contributed by atoms with Crippen molar-refractivity contribution in [2.75, 3.05) is 32.6 Å². The van der Waals surface area contributed by atoms with Crippen LogP contribution in [0.3, 0.4) is 0 Å². The highest BCUT2D eigenvalue weighted by Crippen LogP contribution is 2.28. The lowest BCUT2D eigenvalue weighted by Crippen LogP contribution is -2.34. The zero-order valence-corrected chi connectivity index (χ0v) is 19.8. The first-order valence-corrected chi connectivity index (χ1v) is 11.3. The van der Waals surface area contributed by atoms with Crippen LogP contribution in [0.5, 0.6) is 5.75 Å². The smallest absolute Gasteiger partial charge is 0.305 e. The Morgan fingerprint density at radius 2 is 2.17 bits per heavy atom. The fourth-order valence-corrected chi connectivity index (χ4v) is 3.90. The topological polar surface area (TPSA) is 130 Å². The summed E-state index contributed by atoms with van der Waals surface area (Å²) in [6.07, 6.45) is 4.76. The molecule has 186 valence electrons. The number of fused-ring (bicyclic) bond motifs is 1. The van der Waals surface area contributed by atoms with Crippen LogP contribution >= 0.6 is 0 Å². The number of aryl methyl sites for hydroxylation is 1. The van der Waals surface area contributed by atoms with Crippen LogP contribution in [0, 0.1) is 5.82 Å². The molecule has 0 unspecified atom stereocenters. The summed E-state index contributed by atoms with van der Waals surface area (Å²) in [6.45, 7) is 1.30. The molecule has 0 saturated heterocycles. The molecule has 3 rings (SSSR count). The average molecular weight is 484 g/mol. The molecular weight excluding hydrogens is 453 g/mol. The van der Waals surface area contributed by atoms with Gasteiger partial charge < -0.3 is 25.8 Å². The first kappa shape index (κ1) is 25.7. The third-order valence-electron chi connectivity index (χ3n) is 5.82. The van der Waals surface area contributed by atoms with E-state index in [-0.39, 0.29) is 11.3 Å². The minimum absolute atomic E-state index is 0.0238. The number of hydrogen-bond donors (Lipinski definition) is 3. The van der Waals surface area contributed by atoms with E-state index in [1.807, 2.05) is 6.07 Å². The zero-order valence-electron chi connectivity index (χ0n) is 19.8. The number of benzene rings is 1. The Labute approximate surface area is 203 Å². The molecule has 2 heterocycles. The number of pyridine rings is 1. The molecule has 1 atom stereocenters. The summed E-state index contributed by atoms with van der Waals surface area (Å²) in [5, 5.41) is 12.7. The van der Waals surface area contributed by atoms with Gasteiger partial charge in [0.15, 0.2) is 11.6 Å². The van der Waals surface area contributed by atoms with E-state index in [0.29, 0.717) is 18.5 Å². The molecule has 0 radical (unpaired) electrons. The van der Waals surface area contributed by atoms with Gasteiger partial charge in [-0.25, -0.2) is 9.37 Å². The molecule has 1 aliphatic rings. The molecule has 0 fully saturated rings. The first-order valence-electron chi connectivity index (χ1n) is 11.3. The number of methoxy groups -OCH3 is 1. The van der Waals surface area contributed by atoms with E-state index in [1.54, 1.807) is 0 Å². The van der Waals surface area contributed by atoms with Gasteiger partial charge in [-0.1, -0.05) is 12.1 Å². The van der Waals surface area contributed by atoms with Crippen molar-refractivity contribution in [3.63, 3.8) is 0 Å². The molecular formula is C25H30FN5O4. The van der Waals surface area contributed by atoms with Gasteiger partial charge in [0.25, 0.3) is 5.91 Å². The Morgan fingerprint density at radius 1 is 1.37 bits per heavy atom. The molecule has 0 bridgehead atoms. The summed E-state index contributed by atoms with van der Waals surface area (Å²) in [6, 6.07) is 7.21. The first-order chi connectivity index (χ1) is 16.8. The molecule has 1 aromatic carbocycles. The molecule has 1 aromatic heterocycles. The number of carbonyl (C=O) groups excluding carboxylic acids is 1. The second kappa shape index (κ2) is 12.0. The lowest BCUT2D eigenvalue weighted by molar-refractivity contribution is -0.139. The van der Waals surface area contributed by atoms with Crippen LogP contribution in [0.25, 0.3) is 0 Å². The van der Waals surface area contributed by atoms with Crippen LogP contribution in [0.4, 0.5) is 10.2 Å². The maximum atomic E-state index is 14.2. The second-order valence-corrected chi connectivity index (χ2v) is 8.17. The zero-order chi connectivity index (χ0) is 25.4. The number of nitrogens with two attached hydrogens (primary N) is 1. The molecule has 0 aliphatic carbocycles. The molecule has 0 saturated carbocycles. The number of aromatic nitrogens is 1. The number of nitrogens with one attached hydrogen (secondary N) is 1. The predicted octanol–water partition coefficient (Wildman–Crippen LogP) is 2.72. The molecule has 1 aliphatic heterocycles. The van der Waals surface area contributed by atoms with E-state index in [1.165, 1.54) is 43.0 Å². The van der Waals surface area contributed by atoms with Crippen molar-refractivity contribution in [2.45, 2.75) is 31.7 Å². The number of hydrogen-bond acceptors (Lipinski definition) is 7. The minimum atomic E-state index is -1.13. The number of halogens is 1. The van der Waals surface area contributed by atoms with Crippen molar-refractivity contribution in [1.82, 2.24) is 9.88 Å². The van der Waals surface area contributed by atoms with Crippen molar-refractivity contribution < 1.29 is 23.8 Å². The van der Waals surface area contributed by atoms with Crippen LogP contribution < -0.4 is 15.8 Å². The monoisotopic (exact) mass is 483 g/mol. The third kappa shape index (κ3) is 6.56. The van der Waals surface area contributed by atoms with Crippen molar-refractivity contribution in [3.8, 4) is 5.75 Å². The van der Waals surface area contributed by atoms with Gasteiger partial charge >= 0.3 is 5.97 Å². The van der Waals surface area contributed by atoms with Crippen LogP contribution in [0.2, 0.25) is 0 Å². The van der Waals surface area contributed by atoms with E-state index in [2.05, 4.69) is 21.4 Å². The van der Waals surface area contributed by atoms with Crippen LogP contribution in [-0.2, 0) is 22.4 Å². The van der Waals surface area contributed by atoms with Crippen molar-refractivity contribution in [1.29, 1.82) is 0 Å². The maximum Gasteiger partial charge on any atom is 0.305 e. The predicted molar refractivity (Wildman–Crippen MR) is 131 cm³/mol. The number of rotatable bonds is 10. The average Bonchev–Trinajstić information content (AvgIpc) is 2.86. The number of aliphatic carboxylic acids is 1. The van der Waals surface area contributed by atoms with Gasteiger partial charge in [-0.3, -0.25) is 14.6 Å². The maximum absolute atomic E-state index is 14.2. The number of likely N-dealkylation sites (N-methyl/N-ethyl adjacent to an activating group) is 1. The summed E-state index contributed by atoms with van der Waals surface area (Å²) in [5.41, 5.74) is 8.18. The van der Waals surface area contributed by atoms with Crippen molar-refractivity contribution in [3.05, 3.63) is 64.7 Å². The highest BCUT2D eigenvalue weighted by molar-refractivity contribution is 6.12. The fourth-order valence-electron chi connectivity index (χ4n) is 3.90. The molecule has 2 aromatic rings. The summed E-state index contributed by atoms with van der Waals surface area (Å²) < 4.78 is 19.2. The molecule has 4 N–H and O–H groups in total. The highest BCUT2D eigenvalue weighted by atomic mass is 19.1. The Morgan fingerprint density at radius 3 is 2.86 bits per heavy atom. The quantitative estimate of drug-likeness (QED) is 0.350. The molecule has 9 nitrogen and oxygen atoms in total. The van der Waals surface area contributed by atoms with Gasteiger partial charge in [0.2, 0.25) is 0 Å². The molecule has 0 spiro atoms. The van der Waals surface area contributed by atoms with Gasteiger partial charge in [0.05, 0.1) is 25.1 Å². The number of nitrogens with zero attached hydrogens (tertiary/aromatic N) is 3. The second-order valence-electron chi connectivity index (χ2n) is 8.17. The number of ether oxygens (including phenoxy) is 1. The molecule has 1 amide bonds. The van der Waals surface area contributed by atoms with E-state index in [4.69, 9.17) is 10.5 Å². The Balaban J connectivity index is 1.67.